The van der Waals surface area contributed by atoms with Crippen molar-refractivity contribution >= 4 is 23.5 Å². The van der Waals surface area contributed by atoms with E-state index in [4.69, 9.17) is 0 Å². The molecule has 0 aromatic heterocycles. The van der Waals surface area contributed by atoms with Gasteiger partial charge in [0.05, 0.1) is 11.1 Å². The molecule has 6 nitrogen and oxygen atoms in total. The molecule has 0 amide bonds. The van der Waals surface area contributed by atoms with E-state index in [-0.39, 0.29) is 36.2 Å². The number of hydrogen-bond acceptors (Lipinski definition) is 4. The Morgan fingerprint density at radius 1 is 0.682 bits per heavy atom. The molecule has 0 heterocycles. The van der Waals surface area contributed by atoms with E-state index in [1.54, 1.807) is 0 Å². The Labute approximate surface area is 130 Å². The summed E-state index contributed by atoms with van der Waals surface area (Å²) in [6, 6.07) is 0. The number of Topliss-reactive ketones (excluding diaryl/α,β-unsaturated/α-hetero) is 2. The molecular formula is C16H24O6. The van der Waals surface area contributed by atoms with Crippen molar-refractivity contribution in [3.63, 3.8) is 0 Å². The highest BCUT2D eigenvalue weighted by atomic mass is 16.4. The normalized spacial score (nSPS) is 12.3. The maximum Gasteiger partial charge on any atom is 0.332 e. The minimum atomic E-state index is -1.47. The van der Waals surface area contributed by atoms with Gasteiger partial charge in [-0.1, -0.05) is 27.7 Å². The lowest BCUT2D eigenvalue weighted by molar-refractivity contribution is -0.137. The van der Waals surface area contributed by atoms with Crippen LogP contribution in [0.4, 0.5) is 0 Å². The smallest absolute Gasteiger partial charge is 0.332 e. The number of carboxylic acids is 2. The lowest BCUT2D eigenvalue weighted by Crippen LogP contribution is -2.18. The van der Waals surface area contributed by atoms with Crippen molar-refractivity contribution in [1.82, 2.24) is 0 Å². The minimum Gasteiger partial charge on any atom is -0.478 e. The van der Waals surface area contributed by atoms with Crippen LogP contribution in [-0.4, -0.2) is 33.7 Å². The minimum absolute atomic E-state index is 0.0541. The molecule has 22 heavy (non-hydrogen) atoms. The number of rotatable bonds is 10. The van der Waals surface area contributed by atoms with E-state index in [9.17, 15) is 29.4 Å². The molecular weight excluding hydrogens is 288 g/mol. The van der Waals surface area contributed by atoms with Crippen LogP contribution in [0.2, 0.25) is 0 Å². The summed E-state index contributed by atoms with van der Waals surface area (Å²) in [6.07, 6.45) is -0.596. The van der Waals surface area contributed by atoms with Gasteiger partial charge in [0.15, 0.2) is 0 Å². The van der Waals surface area contributed by atoms with Gasteiger partial charge in [-0.3, -0.25) is 9.59 Å². The van der Waals surface area contributed by atoms with Crippen LogP contribution in [0, 0.1) is 11.8 Å². The maximum absolute atomic E-state index is 11.8. The first kappa shape index (κ1) is 20.0. The fourth-order valence-corrected chi connectivity index (χ4v) is 2.07. The third-order valence-electron chi connectivity index (χ3n) is 2.90. The van der Waals surface area contributed by atoms with Gasteiger partial charge in [-0.2, -0.15) is 0 Å². The quantitative estimate of drug-likeness (QED) is 0.600. The van der Waals surface area contributed by atoms with Crippen LogP contribution in [0.5, 0.6) is 0 Å². The predicted octanol–water partition coefficient (Wildman–Crippen LogP) is 2.46. The van der Waals surface area contributed by atoms with Gasteiger partial charge >= 0.3 is 11.9 Å². The molecule has 0 bridgehead atoms. The molecule has 0 rings (SSSR count). The Morgan fingerprint density at radius 3 is 1.14 bits per heavy atom. The zero-order chi connectivity index (χ0) is 17.4. The van der Waals surface area contributed by atoms with Gasteiger partial charge in [-0.05, 0) is 11.8 Å². The standard InChI is InChI=1S/C16H24O6/c1-9(2)5-11(17)7-13(15(19)20)14(16(21)22)8-12(18)6-10(3)4/h9-10H,5-8H2,1-4H3,(H,19,20)(H,21,22). The highest BCUT2D eigenvalue weighted by Crippen LogP contribution is 2.19. The highest BCUT2D eigenvalue weighted by molar-refractivity contribution is 6.05. The van der Waals surface area contributed by atoms with Crippen LogP contribution in [-0.2, 0) is 19.2 Å². The molecule has 2 N–H and O–H groups in total. The van der Waals surface area contributed by atoms with Crippen molar-refractivity contribution in [2.24, 2.45) is 11.8 Å². The topological polar surface area (TPSA) is 109 Å². The van der Waals surface area contributed by atoms with Crippen LogP contribution < -0.4 is 0 Å². The lowest BCUT2D eigenvalue weighted by Gasteiger charge is -2.10. The van der Waals surface area contributed by atoms with E-state index in [1.165, 1.54) is 0 Å². The number of aliphatic carboxylic acids is 2. The van der Waals surface area contributed by atoms with E-state index in [2.05, 4.69) is 0 Å². The Morgan fingerprint density at radius 2 is 0.955 bits per heavy atom. The van der Waals surface area contributed by atoms with Crippen LogP contribution in [0.25, 0.3) is 0 Å². The Hall–Kier alpha value is -1.98. The summed E-state index contributed by atoms with van der Waals surface area (Å²) in [7, 11) is 0. The number of hydrogen-bond donors (Lipinski definition) is 2. The molecule has 0 saturated heterocycles. The average molecular weight is 312 g/mol. The summed E-state index contributed by atoms with van der Waals surface area (Å²) in [5.41, 5.74) is -0.981. The number of ketones is 2. The SMILES string of the molecule is CC(C)CC(=O)CC(C(=O)O)=C(CC(=O)CC(C)C)C(=O)O. The Kier molecular flexibility index (Phi) is 8.30. The first-order chi connectivity index (χ1) is 10.0. The largest absolute Gasteiger partial charge is 0.478 e. The first-order valence-electron chi connectivity index (χ1n) is 7.26. The first-order valence-corrected chi connectivity index (χ1v) is 7.26. The van der Waals surface area contributed by atoms with Crippen molar-refractivity contribution in [2.45, 2.75) is 53.4 Å². The van der Waals surface area contributed by atoms with E-state index in [0.717, 1.165) is 0 Å². The Balaban J connectivity index is 5.39. The van der Waals surface area contributed by atoms with Crippen LogP contribution in [0.3, 0.4) is 0 Å². The molecule has 0 spiro atoms. The highest BCUT2D eigenvalue weighted by Gasteiger charge is 2.25. The zero-order valence-electron chi connectivity index (χ0n) is 13.5. The molecule has 0 atom stereocenters. The fourth-order valence-electron chi connectivity index (χ4n) is 2.07. The van der Waals surface area contributed by atoms with Crippen molar-refractivity contribution in [3.8, 4) is 0 Å². The number of carbonyl (C=O) groups excluding carboxylic acids is 2. The van der Waals surface area contributed by atoms with E-state index < -0.39 is 35.9 Å². The second kappa shape index (κ2) is 9.12. The molecule has 0 aliphatic rings. The van der Waals surface area contributed by atoms with Gasteiger partial charge in [0.25, 0.3) is 0 Å². The summed E-state index contributed by atoms with van der Waals surface area (Å²) in [4.78, 5) is 46.1. The number of carbonyl (C=O) groups is 4. The molecule has 0 saturated carbocycles. The molecule has 0 aliphatic heterocycles. The summed E-state index contributed by atoms with van der Waals surface area (Å²) in [5.74, 6) is -3.51. The van der Waals surface area contributed by atoms with Gasteiger partial charge in [-0.25, -0.2) is 9.59 Å². The summed E-state index contributed by atoms with van der Waals surface area (Å²) < 4.78 is 0. The van der Waals surface area contributed by atoms with Crippen LogP contribution in [0.1, 0.15) is 53.4 Å². The third kappa shape index (κ3) is 7.71. The van der Waals surface area contributed by atoms with E-state index in [0.29, 0.717) is 0 Å². The van der Waals surface area contributed by atoms with Crippen molar-refractivity contribution in [1.29, 1.82) is 0 Å². The average Bonchev–Trinajstić information content (AvgIpc) is 2.30. The zero-order valence-corrected chi connectivity index (χ0v) is 13.5. The van der Waals surface area contributed by atoms with Crippen molar-refractivity contribution in [2.75, 3.05) is 0 Å². The van der Waals surface area contributed by atoms with E-state index in [1.807, 2.05) is 27.7 Å². The molecule has 0 aromatic rings. The van der Waals surface area contributed by atoms with Gasteiger partial charge in [-0.15, -0.1) is 0 Å². The van der Waals surface area contributed by atoms with E-state index >= 15 is 0 Å². The lowest BCUT2D eigenvalue weighted by atomic mass is 9.93. The van der Waals surface area contributed by atoms with Gasteiger partial charge < -0.3 is 10.2 Å². The second-order valence-corrected chi connectivity index (χ2v) is 6.19. The van der Waals surface area contributed by atoms with Gasteiger partial charge in [0, 0.05) is 25.7 Å². The third-order valence-corrected chi connectivity index (χ3v) is 2.90. The van der Waals surface area contributed by atoms with Gasteiger partial charge in [0.2, 0.25) is 0 Å². The molecule has 0 aliphatic carbocycles. The predicted molar refractivity (Wildman–Crippen MR) is 80.5 cm³/mol. The molecule has 0 fully saturated rings. The maximum atomic E-state index is 11.8. The Bertz CT molecular complexity index is 441. The van der Waals surface area contributed by atoms with Crippen molar-refractivity contribution in [3.05, 3.63) is 11.1 Å². The fraction of sp³-hybridized carbons (Fsp3) is 0.625. The summed E-state index contributed by atoms with van der Waals surface area (Å²) in [6.45, 7) is 7.25. The molecule has 0 aromatic carbocycles. The number of carboxylic acid groups (broad SMARTS) is 2. The van der Waals surface area contributed by atoms with Crippen LogP contribution >= 0.6 is 0 Å². The van der Waals surface area contributed by atoms with Crippen LogP contribution in [0.15, 0.2) is 11.1 Å². The van der Waals surface area contributed by atoms with Gasteiger partial charge in [0.1, 0.15) is 11.6 Å². The molecule has 124 valence electrons. The second-order valence-electron chi connectivity index (χ2n) is 6.19. The molecule has 0 unspecified atom stereocenters. The monoisotopic (exact) mass is 312 g/mol. The molecule has 6 heteroatoms. The molecule has 0 radical (unpaired) electrons. The summed E-state index contributed by atoms with van der Waals surface area (Å²) in [5, 5.41) is 18.4. The summed E-state index contributed by atoms with van der Waals surface area (Å²) >= 11 is 0. The van der Waals surface area contributed by atoms with Crippen molar-refractivity contribution < 1.29 is 29.4 Å².